The summed E-state index contributed by atoms with van der Waals surface area (Å²) in [6.07, 6.45) is 0.629. The molecular formula is C29H24FNO2Si. The second-order valence-corrected chi connectivity index (χ2v) is 11.9. The Morgan fingerprint density at radius 3 is 1.94 bits per heavy atom. The van der Waals surface area contributed by atoms with E-state index < -0.39 is 20.2 Å². The van der Waals surface area contributed by atoms with E-state index in [1.807, 2.05) is 72.8 Å². The zero-order valence-corrected chi connectivity index (χ0v) is 19.7. The lowest BCUT2D eigenvalue weighted by Crippen LogP contribution is -2.59. The average molecular weight is 466 g/mol. The maximum atomic E-state index is 15.5. The Balaban J connectivity index is 1.72. The van der Waals surface area contributed by atoms with Crippen LogP contribution < -0.4 is 10.4 Å². The number of rotatable bonds is 7. The fourth-order valence-corrected chi connectivity index (χ4v) is 7.39. The van der Waals surface area contributed by atoms with Gasteiger partial charge in [0.05, 0.1) is 5.52 Å². The van der Waals surface area contributed by atoms with E-state index in [1.165, 1.54) is 6.07 Å². The van der Waals surface area contributed by atoms with Crippen LogP contribution in [0.5, 0.6) is 0 Å². The molecule has 0 saturated carbocycles. The molecule has 4 aromatic carbocycles. The lowest BCUT2D eigenvalue weighted by Gasteiger charge is -2.33. The summed E-state index contributed by atoms with van der Waals surface area (Å²) in [4.78, 5) is 17.0. The Morgan fingerprint density at radius 1 is 0.794 bits per heavy atom. The molecule has 5 aromatic rings. The van der Waals surface area contributed by atoms with Crippen molar-refractivity contribution in [3.63, 3.8) is 0 Å². The number of fused-ring (bicyclic) bond motifs is 1. The molecule has 0 aliphatic heterocycles. The molecule has 1 aromatic heterocycles. The Hall–Kier alpha value is -3.80. The molecule has 0 aliphatic rings. The van der Waals surface area contributed by atoms with Gasteiger partial charge in [0.1, 0.15) is 11.9 Å². The van der Waals surface area contributed by atoms with Crippen LogP contribution in [0.1, 0.15) is 22.0 Å². The quantitative estimate of drug-likeness (QED) is 0.250. The van der Waals surface area contributed by atoms with E-state index in [-0.39, 0.29) is 11.3 Å². The monoisotopic (exact) mass is 465 g/mol. The number of hydrogen-bond donors (Lipinski definition) is 1. The number of hydrogen-bond acceptors (Lipinski definition) is 2. The fourth-order valence-electron chi connectivity index (χ4n) is 4.43. The topological polar surface area (TPSA) is 42.1 Å². The predicted octanol–water partition coefficient (Wildman–Crippen LogP) is 5.64. The van der Waals surface area contributed by atoms with E-state index in [2.05, 4.69) is 11.5 Å². The molecule has 0 fully saturated rings. The van der Waals surface area contributed by atoms with Gasteiger partial charge in [0.25, 0.3) is 8.32 Å². The van der Waals surface area contributed by atoms with E-state index in [0.29, 0.717) is 11.1 Å². The number of aromatic nitrogens is 1. The van der Waals surface area contributed by atoms with Gasteiger partial charge in [-0.1, -0.05) is 91.0 Å². The van der Waals surface area contributed by atoms with Gasteiger partial charge in [0.15, 0.2) is 5.78 Å². The maximum Gasteiger partial charge on any atom is 0.254 e. The van der Waals surface area contributed by atoms with Crippen LogP contribution in [0.2, 0.25) is 6.55 Å². The van der Waals surface area contributed by atoms with Crippen molar-refractivity contribution in [3.05, 3.63) is 132 Å². The van der Waals surface area contributed by atoms with E-state index in [9.17, 15) is 4.79 Å². The van der Waals surface area contributed by atoms with Gasteiger partial charge >= 0.3 is 0 Å². The number of ketones is 1. The van der Waals surface area contributed by atoms with Gasteiger partial charge in [0, 0.05) is 17.3 Å². The second kappa shape index (κ2) is 9.21. The van der Waals surface area contributed by atoms with Crippen molar-refractivity contribution in [2.45, 2.75) is 12.7 Å². The Bertz CT molecular complexity index is 1380. The van der Waals surface area contributed by atoms with Gasteiger partial charge in [-0.05, 0) is 40.5 Å². The zero-order chi connectivity index (χ0) is 23.5. The number of carbonyl (C=O) groups is 1. The number of aromatic amines is 1. The van der Waals surface area contributed by atoms with Gasteiger partial charge in [-0.3, -0.25) is 4.79 Å². The summed E-state index contributed by atoms with van der Waals surface area (Å²) < 4.78 is 22.4. The predicted molar refractivity (Wildman–Crippen MR) is 137 cm³/mol. The number of Topliss-reactive ketones (excluding diaryl/α,β-unsaturated/α-hetero) is 1. The van der Waals surface area contributed by atoms with Gasteiger partial charge in [-0.2, -0.15) is 0 Å². The molecule has 3 nitrogen and oxygen atoms in total. The molecule has 0 spiro atoms. The van der Waals surface area contributed by atoms with Gasteiger partial charge < -0.3 is 9.41 Å². The van der Waals surface area contributed by atoms with E-state index in [0.717, 1.165) is 15.8 Å². The highest BCUT2D eigenvalue weighted by Gasteiger charge is 2.41. The third-order valence-corrected chi connectivity index (χ3v) is 9.85. The number of H-pyrrole nitrogens is 1. The number of carbonyl (C=O) groups excluding carboxylic acids is 1. The minimum Gasteiger partial charge on any atom is -0.394 e. The van der Waals surface area contributed by atoms with Crippen LogP contribution in [-0.4, -0.2) is 19.1 Å². The van der Waals surface area contributed by atoms with Crippen molar-refractivity contribution >= 4 is 35.4 Å². The largest absolute Gasteiger partial charge is 0.394 e. The first-order valence-corrected chi connectivity index (χ1v) is 13.6. The Morgan fingerprint density at radius 2 is 1.35 bits per heavy atom. The molecule has 0 aliphatic carbocycles. The molecule has 5 heteroatoms. The van der Waals surface area contributed by atoms with Crippen LogP contribution in [0, 0.1) is 5.82 Å². The van der Waals surface area contributed by atoms with E-state index in [4.69, 9.17) is 4.43 Å². The van der Waals surface area contributed by atoms with Crippen molar-refractivity contribution in [3.8, 4) is 0 Å². The van der Waals surface area contributed by atoms with Crippen molar-refractivity contribution in [1.82, 2.24) is 4.98 Å². The molecule has 0 saturated heterocycles. The summed E-state index contributed by atoms with van der Waals surface area (Å²) >= 11 is 0. The average Bonchev–Trinajstić information content (AvgIpc) is 3.37. The van der Waals surface area contributed by atoms with Crippen molar-refractivity contribution in [2.75, 3.05) is 0 Å². The van der Waals surface area contributed by atoms with Gasteiger partial charge in [-0.25, -0.2) is 4.39 Å². The summed E-state index contributed by atoms with van der Waals surface area (Å²) in [5.41, 5.74) is 1.29. The molecule has 1 heterocycles. The first-order valence-electron chi connectivity index (χ1n) is 11.2. The SMILES string of the molecule is C[Si](O[C@H](C(=O)c1ccccc1)c1c(F)ccc2cc[nH]c12)(c1ccccc1)c1ccccc1. The highest BCUT2D eigenvalue weighted by atomic mass is 28.4. The highest BCUT2D eigenvalue weighted by molar-refractivity contribution is 6.96. The van der Waals surface area contributed by atoms with Crippen LogP contribution in [0.15, 0.2) is 115 Å². The Kier molecular flexibility index (Phi) is 5.96. The van der Waals surface area contributed by atoms with Crippen LogP contribution in [0.4, 0.5) is 4.39 Å². The number of nitrogens with one attached hydrogen (secondary N) is 1. The molecular weight excluding hydrogens is 441 g/mol. The van der Waals surface area contributed by atoms with Crippen molar-refractivity contribution in [1.29, 1.82) is 0 Å². The summed E-state index contributed by atoms with van der Waals surface area (Å²) in [7, 11) is -2.93. The molecule has 1 N–H and O–H groups in total. The molecule has 34 heavy (non-hydrogen) atoms. The van der Waals surface area contributed by atoms with Gasteiger partial charge in [0.2, 0.25) is 0 Å². The first-order chi connectivity index (χ1) is 16.6. The van der Waals surface area contributed by atoms with Crippen LogP contribution >= 0.6 is 0 Å². The highest BCUT2D eigenvalue weighted by Crippen LogP contribution is 2.33. The molecule has 0 bridgehead atoms. The fraction of sp³-hybridized carbons (Fsp3) is 0.0690. The van der Waals surface area contributed by atoms with Crippen molar-refractivity contribution in [2.24, 2.45) is 0 Å². The summed E-state index contributed by atoms with van der Waals surface area (Å²) in [5, 5.41) is 2.84. The third kappa shape index (κ3) is 4.00. The number of benzene rings is 4. The maximum absolute atomic E-state index is 15.5. The van der Waals surface area contributed by atoms with Crippen LogP contribution in [0.25, 0.3) is 10.9 Å². The third-order valence-electron chi connectivity index (χ3n) is 6.28. The summed E-state index contributed by atoms with van der Waals surface area (Å²) in [6.45, 7) is 2.07. The molecule has 0 unspecified atom stereocenters. The molecule has 1 atom stereocenters. The van der Waals surface area contributed by atoms with Crippen LogP contribution in [0.3, 0.4) is 0 Å². The molecule has 0 radical (unpaired) electrons. The van der Waals surface area contributed by atoms with Crippen LogP contribution in [-0.2, 0) is 4.43 Å². The van der Waals surface area contributed by atoms with E-state index >= 15 is 4.39 Å². The number of halogens is 1. The standard InChI is InChI=1S/C29H24FNO2Si/c1-34(23-13-7-3-8-14-23,24-15-9-4-10-16-24)33-29(28(32)22-11-5-2-6-12-22)26-25(30)18-17-21-19-20-31-27(21)26/h2-20,29,31H,1H3/t29-/m0/s1. The normalized spacial score (nSPS) is 12.5. The smallest absolute Gasteiger partial charge is 0.254 e. The first kappa shape index (κ1) is 22.0. The molecule has 0 amide bonds. The Labute approximate surface area is 199 Å². The van der Waals surface area contributed by atoms with Gasteiger partial charge in [-0.15, -0.1) is 0 Å². The molecule has 5 rings (SSSR count). The summed E-state index contributed by atoms with van der Waals surface area (Å²) in [5.74, 6) is -0.742. The second-order valence-electron chi connectivity index (χ2n) is 8.40. The van der Waals surface area contributed by atoms with Crippen molar-refractivity contribution < 1.29 is 13.6 Å². The summed E-state index contributed by atoms with van der Waals surface area (Å²) in [6, 6.07) is 33.8. The lowest BCUT2D eigenvalue weighted by atomic mass is 9.98. The minimum absolute atomic E-state index is 0.238. The lowest BCUT2D eigenvalue weighted by molar-refractivity contribution is 0.0782. The molecule has 168 valence electrons. The van der Waals surface area contributed by atoms with E-state index in [1.54, 1.807) is 36.5 Å². The minimum atomic E-state index is -2.93. The zero-order valence-electron chi connectivity index (χ0n) is 18.7.